The number of hydrogen-bond donors (Lipinski definition) is 1. The highest BCUT2D eigenvalue weighted by atomic mass is 127. The summed E-state index contributed by atoms with van der Waals surface area (Å²) in [6, 6.07) is 10.1. The van der Waals surface area contributed by atoms with Gasteiger partial charge in [0.05, 0.1) is 0 Å². The highest BCUT2D eigenvalue weighted by molar-refractivity contribution is 14.1. The van der Waals surface area contributed by atoms with Crippen molar-refractivity contribution in [1.82, 2.24) is 14.5 Å². The Kier molecular flexibility index (Phi) is 3.37. The molecule has 20 heavy (non-hydrogen) atoms. The average molecular weight is 378 g/mol. The van der Waals surface area contributed by atoms with E-state index in [1.54, 1.807) is 6.20 Å². The molecule has 0 spiro atoms. The number of nitrogens with two attached hydrogens (primary N) is 1. The number of aromatic nitrogens is 3. The van der Waals surface area contributed by atoms with Crippen molar-refractivity contribution < 1.29 is 0 Å². The molecule has 0 amide bonds. The van der Waals surface area contributed by atoms with Gasteiger partial charge in [-0.3, -0.25) is 0 Å². The third kappa shape index (κ3) is 2.15. The molecule has 4 nitrogen and oxygen atoms in total. The lowest BCUT2D eigenvalue weighted by molar-refractivity contribution is 0.620. The highest BCUT2D eigenvalue weighted by Gasteiger charge is 2.17. The SMILES string of the molecule is CC(C)n1c(-c2cc(I)ccc2N)nc2cccnc21. The fraction of sp³-hybridized carbons (Fsp3) is 0.200. The maximum Gasteiger partial charge on any atom is 0.160 e. The summed E-state index contributed by atoms with van der Waals surface area (Å²) in [5, 5.41) is 0. The first kappa shape index (κ1) is 13.4. The fourth-order valence-corrected chi connectivity index (χ4v) is 2.82. The topological polar surface area (TPSA) is 56.7 Å². The summed E-state index contributed by atoms with van der Waals surface area (Å²) in [6.07, 6.45) is 1.80. The van der Waals surface area contributed by atoms with Gasteiger partial charge in [0.2, 0.25) is 0 Å². The van der Waals surface area contributed by atoms with Crippen molar-refractivity contribution in [2.24, 2.45) is 0 Å². The first-order chi connectivity index (χ1) is 9.58. The Morgan fingerprint density at radius 1 is 1.25 bits per heavy atom. The molecule has 0 fully saturated rings. The second-order valence-electron chi connectivity index (χ2n) is 4.98. The van der Waals surface area contributed by atoms with Crippen LogP contribution in [0.2, 0.25) is 0 Å². The summed E-state index contributed by atoms with van der Waals surface area (Å²) in [4.78, 5) is 9.18. The number of pyridine rings is 1. The highest BCUT2D eigenvalue weighted by Crippen LogP contribution is 2.31. The van der Waals surface area contributed by atoms with Gasteiger partial charge in [0.15, 0.2) is 5.65 Å². The molecule has 3 rings (SSSR count). The molecular formula is C15H15IN4. The number of hydrogen-bond acceptors (Lipinski definition) is 3. The van der Waals surface area contributed by atoms with Crippen LogP contribution in [0, 0.1) is 3.57 Å². The molecule has 5 heteroatoms. The van der Waals surface area contributed by atoms with E-state index in [-0.39, 0.29) is 6.04 Å². The molecule has 0 unspecified atom stereocenters. The van der Waals surface area contributed by atoms with Crippen molar-refractivity contribution in [3.05, 3.63) is 40.1 Å². The van der Waals surface area contributed by atoms with Crippen molar-refractivity contribution in [2.45, 2.75) is 19.9 Å². The van der Waals surface area contributed by atoms with E-state index in [9.17, 15) is 0 Å². The molecule has 1 aromatic carbocycles. The van der Waals surface area contributed by atoms with Gasteiger partial charge in [-0.05, 0) is 66.8 Å². The maximum absolute atomic E-state index is 6.14. The first-order valence-electron chi connectivity index (χ1n) is 6.46. The molecule has 0 aliphatic carbocycles. The van der Waals surface area contributed by atoms with E-state index in [0.717, 1.165) is 31.8 Å². The minimum atomic E-state index is 0.266. The lowest BCUT2D eigenvalue weighted by Crippen LogP contribution is -2.05. The molecular weight excluding hydrogens is 363 g/mol. The van der Waals surface area contributed by atoms with Crippen LogP contribution in [0.15, 0.2) is 36.5 Å². The average Bonchev–Trinajstić information content (AvgIpc) is 2.80. The third-order valence-corrected chi connectivity index (χ3v) is 3.89. The van der Waals surface area contributed by atoms with Crippen molar-refractivity contribution in [1.29, 1.82) is 0 Å². The van der Waals surface area contributed by atoms with Crippen LogP contribution in [0.1, 0.15) is 19.9 Å². The van der Waals surface area contributed by atoms with Crippen LogP contribution in [0.4, 0.5) is 5.69 Å². The molecule has 0 saturated heterocycles. The van der Waals surface area contributed by atoms with E-state index in [0.29, 0.717) is 0 Å². The summed E-state index contributed by atoms with van der Waals surface area (Å²) >= 11 is 2.29. The van der Waals surface area contributed by atoms with Gasteiger partial charge in [0.1, 0.15) is 11.3 Å². The Bertz CT molecular complexity index is 777. The summed E-state index contributed by atoms with van der Waals surface area (Å²) < 4.78 is 3.28. The van der Waals surface area contributed by atoms with Gasteiger partial charge in [-0.15, -0.1) is 0 Å². The lowest BCUT2D eigenvalue weighted by atomic mass is 10.1. The van der Waals surface area contributed by atoms with Crippen molar-refractivity contribution in [3.8, 4) is 11.4 Å². The summed E-state index contributed by atoms with van der Waals surface area (Å²) in [7, 11) is 0. The molecule has 102 valence electrons. The first-order valence-corrected chi connectivity index (χ1v) is 7.54. The standard InChI is InChI=1S/C15H15IN4/c1-9(2)20-14(11-8-10(16)5-6-12(11)17)19-13-4-3-7-18-15(13)20/h3-9H,17H2,1-2H3. The minimum Gasteiger partial charge on any atom is -0.398 e. The molecule has 0 radical (unpaired) electrons. The number of benzene rings is 1. The van der Waals surface area contributed by atoms with E-state index in [2.05, 4.69) is 52.1 Å². The fourth-order valence-electron chi connectivity index (χ4n) is 2.33. The number of imidazole rings is 1. The van der Waals surface area contributed by atoms with E-state index in [4.69, 9.17) is 10.7 Å². The Morgan fingerprint density at radius 2 is 2.05 bits per heavy atom. The van der Waals surface area contributed by atoms with Gasteiger partial charge >= 0.3 is 0 Å². The van der Waals surface area contributed by atoms with Crippen LogP contribution < -0.4 is 5.73 Å². The zero-order valence-corrected chi connectivity index (χ0v) is 13.5. The third-order valence-electron chi connectivity index (χ3n) is 3.22. The summed E-state index contributed by atoms with van der Waals surface area (Å²) in [5.74, 6) is 0.879. The molecule has 0 bridgehead atoms. The molecule has 2 N–H and O–H groups in total. The zero-order chi connectivity index (χ0) is 14.3. The smallest absolute Gasteiger partial charge is 0.160 e. The number of nitrogens with zero attached hydrogens (tertiary/aromatic N) is 3. The Balaban J connectivity index is 2.35. The van der Waals surface area contributed by atoms with Crippen LogP contribution in [0.5, 0.6) is 0 Å². The van der Waals surface area contributed by atoms with Crippen molar-refractivity contribution >= 4 is 39.4 Å². The molecule has 2 heterocycles. The van der Waals surface area contributed by atoms with Gasteiger partial charge in [-0.1, -0.05) is 0 Å². The zero-order valence-electron chi connectivity index (χ0n) is 11.3. The Hall–Kier alpha value is -1.63. The number of rotatable bonds is 2. The van der Waals surface area contributed by atoms with Crippen LogP contribution >= 0.6 is 22.6 Å². The van der Waals surface area contributed by atoms with E-state index in [1.807, 2.05) is 24.3 Å². The molecule has 0 aliphatic heterocycles. The second-order valence-corrected chi connectivity index (χ2v) is 6.22. The molecule has 2 aromatic heterocycles. The maximum atomic E-state index is 6.14. The number of halogens is 1. The van der Waals surface area contributed by atoms with Gasteiger partial charge < -0.3 is 10.3 Å². The largest absolute Gasteiger partial charge is 0.398 e. The Labute approximate surface area is 131 Å². The van der Waals surface area contributed by atoms with Crippen molar-refractivity contribution in [2.75, 3.05) is 5.73 Å². The number of fused-ring (bicyclic) bond motifs is 1. The summed E-state index contributed by atoms with van der Waals surface area (Å²) in [5.41, 5.74) is 9.63. The van der Waals surface area contributed by atoms with Gasteiger partial charge in [0.25, 0.3) is 0 Å². The van der Waals surface area contributed by atoms with Crippen molar-refractivity contribution in [3.63, 3.8) is 0 Å². The van der Waals surface area contributed by atoms with Gasteiger partial charge in [-0.25, -0.2) is 9.97 Å². The van der Waals surface area contributed by atoms with E-state index < -0.39 is 0 Å². The van der Waals surface area contributed by atoms with E-state index in [1.165, 1.54) is 0 Å². The molecule has 3 aromatic rings. The molecule has 0 aliphatic rings. The molecule has 0 saturated carbocycles. The lowest BCUT2D eigenvalue weighted by Gasteiger charge is -2.13. The monoisotopic (exact) mass is 378 g/mol. The number of nitrogen functional groups attached to an aromatic ring is 1. The van der Waals surface area contributed by atoms with Crippen LogP contribution in [0.3, 0.4) is 0 Å². The second kappa shape index (κ2) is 5.05. The van der Waals surface area contributed by atoms with E-state index >= 15 is 0 Å². The predicted molar refractivity (Wildman–Crippen MR) is 90.5 cm³/mol. The number of anilines is 1. The minimum absolute atomic E-state index is 0.266. The Morgan fingerprint density at radius 3 is 2.80 bits per heavy atom. The quantitative estimate of drug-likeness (QED) is 0.544. The van der Waals surface area contributed by atoms with Crippen LogP contribution in [-0.4, -0.2) is 14.5 Å². The van der Waals surface area contributed by atoms with Gasteiger partial charge in [-0.2, -0.15) is 0 Å². The normalized spacial score (nSPS) is 11.4. The predicted octanol–water partition coefficient (Wildman–Crippen LogP) is 3.87. The van der Waals surface area contributed by atoms with Gasteiger partial charge in [0, 0.05) is 27.1 Å². The van der Waals surface area contributed by atoms with Crippen LogP contribution in [0.25, 0.3) is 22.6 Å². The summed E-state index contributed by atoms with van der Waals surface area (Å²) in [6.45, 7) is 4.26. The van der Waals surface area contributed by atoms with Crippen LogP contribution in [-0.2, 0) is 0 Å². The molecule has 0 atom stereocenters.